The standard InChI is InChI=1S/C30H35NO2/c1-22(2)31-18-17-27(21-31)23-13-15-25(16-14-23)30(26-10-6-11-28(33)20-26)29(12-7-19-32)24-8-4-3-5-9-24/h3-6,8-11,13-16,20,22,27,32-33H,7,12,17-19,21H2,1-2H3/b30-29+. The predicted molar refractivity (Wildman–Crippen MR) is 137 cm³/mol. The smallest absolute Gasteiger partial charge is 0.116 e. The van der Waals surface area contributed by atoms with Gasteiger partial charge in [-0.3, -0.25) is 0 Å². The molecular formula is C30H35NO2. The molecule has 3 aromatic rings. The molecule has 1 heterocycles. The third kappa shape index (κ3) is 5.55. The molecule has 0 spiro atoms. The number of phenolic OH excluding ortho intramolecular Hbond substituents is 1. The van der Waals surface area contributed by atoms with E-state index in [1.807, 2.05) is 18.2 Å². The van der Waals surface area contributed by atoms with Crippen molar-refractivity contribution in [3.8, 4) is 5.75 Å². The molecular weight excluding hydrogens is 406 g/mol. The fourth-order valence-corrected chi connectivity index (χ4v) is 4.94. The van der Waals surface area contributed by atoms with Crippen molar-refractivity contribution in [2.75, 3.05) is 19.7 Å². The summed E-state index contributed by atoms with van der Waals surface area (Å²) in [6.45, 7) is 6.98. The number of likely N-dealkylation sites (tertiary alicyclic amines) is 1. The molecule has 0 radical (unpaired) electrons. The van der Waals surface area contributed by atoms with Gasteiger partial charge in [0, 0.05) is 19.2 Å². The van der Waals surface area contributed by atoms with E-state index in [1.54, 1.807) is 6.07 Å². The molecule has 0 amide bonds. The Bertz CT molecular complexity index is 1070. The largest absolute Gasteiger partial charge is 0.508 e. The van der Waals surface area contributed by atoms with Crippen molar-refractivity contribution in [1.82, 2.24) is 4.90 Å². The van der Waals surface area contributed by atoms with Gasteiger partial charge in [0.1, 0.15) is 5.75 Å². The summed E-state index contributed by atoms with van der Waals surface area (Å²) in [6.07, 6.45) is 2.66. The number of nitrogens with zero attached hydrogens (tertiary/aromatic N) is 1. The Balaban J connectivity index is 1.77. The first-order valence-corrected chi connectivity index (χ1v) is 12.1. The molecule has 0 saturated carbocycles. The van der Waals surface area contributed by atoms with Gasteiger partial charge in [0.2, 0.25) is 0 Å². The molecule has 172 valence electrons. The van der Waals surface area contributed by atoms with Gasteiger partial charge in [-0.15, -0.1) is 0 Å². The molecule has 1 aliphatic rings. The van der Waals surface area contributed by atoms with E-state index in [-0.39, 0.29) is 12.4 Å². The Labute approximate surface area is 198 Å². The molecule has 0 bridgehead atoms. The van der Waals surface area contributed by atoms with Gasteiger partial charge in [0.25, 0.3) is 0 Å². The number of allylic oxidation sites excluding steroid dienone is 1. The number of benzene rings is 3. The van der Waals surface area contributed by atoms with Gasteiger partial charge in [-0.1, -0.05) is 66.7 Å². The SMILES string of the molecule is CC(C)N1CCC(c2ccc(/C(=C(/CCCO)c3ccccc3)c3cccc(O)c3)cc2)C1. The van der Waals surface area contributed by atoms with E-state index in [9.17, 15) is 10.2 Å². The third-order valence-electron chi connectivity index (χ3n) is 6.76. The molecule has 0 aliphatic carbocycles. The number of aliphatic hydroxyl groups is 1. The van der Waals surface area contributed by atoms with Crippen molar-refractivity contribution in [3.63, 3.8) is 0 Å². The molecule has 1 aliphatic heterocycles. The molecule has 4 rings (SSSR count). The first kappa shape index (κ1) is 23.3. The molecule has 3 aromatic carbocycles. The van der Waals surface area contributed by atoms with Crippen molar-refractivity contribution in [1.29, 1.82) is 0 Å². The average molecular weight is 442 g/mol. The topological polar surface area (TPSA) is 43.7 Å². The van der Waals surface area contributed by atoms with Crippen LogP contribution < -0.4 is 0 Å². The van der Waals surface area contributed by atoms with E-state index in [4.69, 9.17) is 0 Å². The molecule has 1 atom stereocenters. The van der Waals surface area contributed by atoms with Gasteiger partial charge in [-0.05, 0) is 91.1 Å². The number of rotatable bonds is 8. The molecule has 1 saturated heterocycles. The molecule has 1 fully saturated rings. The molecule has 3 heteroatoms. The van der Waals surface area contributed by atoms with Gasteiger partial charge in [-0.2, -0.15) is 0 Å². The number of hydrogen-bond donors (Lipinski definition) is 2. The maximum absolute atomic E-state index is 10.2. The van der Waals surface area contributed by atoms with Crippen LogP contribution in [0.4, 0.5) is 0 Å². The Hall–Kier alpha value is -2.88. The van der Waals surface area contributed by atoms with Crippen LogP contribution in [-0.2, 0) is 0 Å². The monoisotopic (exact) mass is 441 g/mol. The minimum atomic E-state index is 0.149. The van der Waals surface area contributed by atoms with E-state index in [0.29, 0.717) is 18.4 Å². The van der Waals surface area contributed by atoms with Crippen LogP contribution in [0.5, 0.6) is 5.75 Å². The second-order valence-corrected chi connectivity index (χ2v) is 9.29. The highest BCUT2D eigenvalue weighted by molar-refractivity contribution is 5.98. The summed E-state index contributed by atoms with van der Waals surface area (Å²) in [5.41, 5.74) is 6.99. The molecule has 2 N–H and O–H groups in total. The second kappa shape index (κ2) is 10.8. The van der Waals surface area contributed by atoms with Crippen LogP contribution in [0.1, 0.15) is 61.3 Å². The highest BCUT2D eigenvalue weighted by atomic mass is 16.3. The van der Waals surface area contributed by atoms with Crippen LogP contribution in [0, 0.1) is 0 Å². The molecule has 3 nitrogen and oxygen atoms in total. The zero-order valence-electron chi connectivity index (χ0n) is 19.7. The summed E-state index contributed by atoms with van der Waals surface area (Å²) in [5, 5.41) is 19.8. The zero-order chi connectivity index (χ0) is 23.2. The van der Waals surface area contributed by atoms with Gasteiger partial charge >= 0.3 is 0 Å². The van der Waals surface area contributed by atoms with Crippen LogP contribution in [0.15, 0.2) is 78.9 Å². The maximum atomic E-state index is 10.2. The van der Waals surface area contributed by atoms with Crippen LogP contribution in [0.2, 0.25) is 0 Å². The zero-order valence-corrected chi connectivity index (χ0v) is 19.7. The Morgan fingerprint density at radius 1 is 0.909 bits per heavy atom. The summed E-state index contributed by atoms with van der Waals surface area (Å²) < 4.78 is 0. The number of aromatic hydroxyl groups is 1. The lowest BCUT2D eigenvalue weighted by Crippen LogP contribution is -2.27. The summed E-state index contributed by atoms with van der Waals surface area (Å²) in [6, 6.07) is 27.5. The Kier molecular flexibility index (Phi) is 7.64. The lowest BCUT2D eigenvalue weighted by atomic mass is 9.86. The van der Waals surface area contributed by atoms with Crippen molar-refractivity contribution < 1.29 is 10.2 Å². The van der Waals surface area contributed by atoms with Crippen LogP contribution in [-0.4, -0.2) is 40.9 Å². The summed E-state index contributed by atoms with van der Waals surface area (Å²) in [7, 11) is 0. The quantitative estimate of drug-likeness (QED) is 0.402. The number of aliphatic hydroxyl groups excluding tert-OH is 1. The maximum Gasteiger partial charge on any atom is 0.116 e. The van der Waals surface area contributed by atoms with Gasteiger partial charge < -0.3 is 15.1 Å². The minimum absolute atomic E-state index is 0.149. The van der Waals surface area contributed by atoms with Gasteiger partial charge in [-0.25, -0.2) is 0 Å². The van der Waals surface area contributed by atoms with Crippen molar-refractivity contribution in [2.24, 2.45) is 0 Å². The molecule has 1 unspecified atom stereocenters. The highest BCUT2D eigenvalue weighted by Crippen LogP contribution is 2.37. The lowest BCUT2D eigenvalue weighted by molar-refractivity contribution is 0.272. The Morgan fingerprint density at radius 2 is 1.64 bits per heavy atom. The second-order valence-electron chi connectivity index (χ2n) is 9.29. The highest BCUT2D eigenvalue weighted by Gasteiger charge is 2.25. The first-order valence-electron chi connectivity index (χ1n) is 12.1. The molecule has 0 aromatic heterocycles. The lowest BCUT2D eigenvalue weighted by Gasteiger charge is -2.21. The normalized spacial score (nSPS) is 17.4. The summed E-state index contributed by atoms with van der Waals surface area (Å²) in [5.74, 6) is 0.841. The van der Waals surface area contributed by atoms with Crippen LogP contribution in [0.3, 0.4) is 0 Å². The number of phenols is 1. The van der Waals surface area contributed by atoms with Gasteiger partial charge in [0.15, 0.2) is 0 Å². The van der Waals surface area contributed by atoms with E-state index in [1.165, 1.54) is 17.6 Å². The fraction of sp³-hybridized carbons (Fsp3) is 0.333. The third-order valence-corrected chi connectivity index (χ3v) is 6.76. The van der Waals surface area contributed by atoms with Crippen molar-refractivity contribution in [2.45, 2.75) is 45.1 Å². The average Bonchev–Trinajstić information content (AvgIpc) is 3.33. The summed E-state index contributed by atoms with van der Waals surface area (Å²) in [4.78, 5) is 2.55. The minimum Gasteiger partial charge on any atom is -0.508 e. The fourth-order valence-electron chi connectivity index (χ4n) is 4.94. The van der Waals surface area contributed by atoms with E-state index in [0.717, 1.165) is 41.8 Å². The number of hydrogen-bond acceptors (Lipinski definition) is 3. The van der Waals surface area contributed by atoms with Crippen molar-refractivity contribution in [3.05, 3.63) is 101 Å². The van der Waals surface area contributed by atoms with Gasteiger partial charge in [0.05, 0.1) is 0 Å². The van der Waals surface area contributed by atoms with Crippen LogP contribution >= 0.6 is 0 Å². The van der Waals surface area contributed by atoms with E-state index < -0.39 is 0 Å². The van der Waals surface area contributed by atoms with E-state index in [2.05, 4.69) is 73.3 Å². The van der Waals surface area contributed by atoms with Crippen molar-refractivity contribution >= 4 is 11.1 Å². The molecule has 33 heavy (non-hydrogen) atoms. The first-order chi connectivity index (χ1) is 16.1. The van der Waals surface area contributed by atoms with E-state index >= 15 is 0 Å². The Morgan fingerprint density at radius 3 is 2.27 bits per heavy atom. The van der Waals surface area contributed by atoms with Crippen LogP contribution in [0.25, 0.3) is 11.1 Å². The summed E-state index contributed by atoms with van der Waals surface area (Å²) >= 11 is 0. The predicted octanol–water partition coefficient (Wildman–Crippen LogP) is 6.32.